The third-order valence-corrected chi connectivity index (χ3v) is 6.89. The number of hydrogen-bond donors (Lipinski definition) is 0. The van der Waals surface area contributed by atoms with Crippen molar-refractivity contribution in [2.24, 2.45) is 23.7 Å². The SMILES string of the molecule is Cc1ccc(C)c(N2C(=O)[C@@H]3[C@@H](C2=O)[C@H]2C=C[C@H]3C2=C2CCCCC2)c1. The molecular formula is C23H25NO2. The van der Waals surface area contributed by atoms with Crippen LogP contribution in [-0.4, -0.2) is 11.8 Å². The lowest BCUT2D eigenvalue weighted by atomic mass is 9.85. The predicted octanol–water partition coefficient (Wildman–Crippen LogP) is 4.49. The van der Waals surface area contributed by atoms with E-state index < -0.39 is 0 Å². The van der Waals surface area contributed by atoms with Crippen molar-refractivity contribution in [1.82, 2.24) is 0 Å². The molecule has 3 nitrogen and oxygen atoms in total. The number of hydrogen-bond acceptors (Lipinski definition) is 2. The Morgan fingerprint density at radius 2 is 1.50 bits per heavy atom. The van der Waals surface area contributed by atoms with Gasteiger partial charge in [-0.1, -0.05) is 41.9 Å². The first-order chi connectivity index (χ1) is 12.6. The summed E-state index contributed by atoms with van der Waals surface area (Å²) in [5.74, 6) is -0.0167. The Hall–Kier alpha value is -2.16. The zero-order valence-electron chi connectivity index (χ0n) is 15.5. The van der Waals surface area contributed by atoms with Crippen LogP contribution in [0, 0.1) is 37.5 Å². The molecule has 0 spiro atoms. The lowest BCUT2D eigenvalue weighted by Crippen LogP contribution is -2.34. The maximum Gasteiger partial charge on any atom is 0.238 e. The molecule has 0 unspecified atom stereocenters. The summed E-state index contributed by atoms with van der Waals surface area (Å²) in [6.07, 6.45) is 10.6. The Labute approximate surface area is 154 Å². The Bertz CT molecular complexity index is 836. The number of carbonyl (C=O) groups is 2. The Morgan fingerprint density at radius 1 is 0.885 bits per heavy atom. The molecule has 0 radical (unpaired) electrons. The Kier molecular flexibility index (Phi) is 3.50. The van der Waals surface area contributed by atoms with Gasteiger partial charge in [-0.2, -0.15) is 0 Å². The molecule has 134 valence electrons. The third-order valence-electron chi connectivity index (χ3n) is 6.89. The number of carbonyl (C=O) groups excluding carboxylic acids is 2. The van der Waals surface area contributed by atoms with Crippen LogP contribution in [0.2, 0.25) is 0 Å². The van der Waals surface area contributed by atoms with E-state index in [2.05, 4.69) is 12.2 Å². The predicted molar refractivity (Wildman–Crippen MR) is 102 cm³/mol. The number of imide groups is 1. The molecule has 4 aliphatic rings. The van der Waals surface area contributed by atoms with Crippen molar-refractivity contribution in [1.29, 1.82) is 0 Å². The number of aryl methyl sites for hydroxylation is 2. The molecule has 1 aromatic carbocycles. The van der Waals surface area contributed by atoms with Crippen LogP contribution in [0.25, 0.3) is 0 Å². The van der Waals surface area contributed by atoms with Gasteiger partial charge in [-0.05, 0) is 56.7 Å². The average molecular weight is 347 g/mol. The van der Waals surface area contributed by atoms with Crippen molar-refractivity contribution in [2.45, 2.75) is 46.0 Å². The highest BCUT2D eigenvalue weighted by Crippen LogP contribution is 2.58. The van der Waals surface area contributed by atoms with E-state index in [4.69, 9.17) is 0 Å². The van der Waals surface area contributed by atoms with Gasteiger partial charge < -0.3 is 0 Å². The minimum atomic E-state index is -0.179. The van der Waals surface area contributed by atoms with E-state index >= 15 is 0 Å². The summed E-state index contributed by atoms with van der Waals surface area (Å²) in [5, 5.41) is 0. The Balaban J connectivity index is 1.55. The normalized spacial score (nSPS) is 32.8. The fourth-order valence-corrected chi connectivity index (χ4v) is 5.70. The molecule has 26 heavy (non-hydrogen) atoms. The van der Waals surface area contributed by atoms with Gasteiger partial charge in [0.25, 0.3) is 0 Å². The molecular weight excluding hydrogens is 322 g/mol. The Morgan fingerprint density at radius 3 is 2.12 bits per heavy atom. The maximum atomic E-state index is 13.3. The fourth-order valence-electron chi connectivity index (χ4n) is 5.70. The van der Waals surface area contributed by atoms with Gasteiger partial charge >= 0.3 is 0 Å². The molecule has 5 rings (SSSR count). The molecule has 4 atom stereocenters. The van der Waals surface area contributed by atoms with Crippen LogP contribution in [0.15, 0.2) is 41.5 Å². The van der Waals surface area contributed by atoms with Crippen LogP contribution < -0.4 is 4.90 Å². The van der Waals surface area contributed by atoms with Gasteiger partial charge in [-0.25, -0.2) is 4.90 Å². The number of amides is 2. The maximum absolute atomic E-state index is 13.3. The van der Waals surface area contributed by atoms with Gasteiger partial charge in [0, 0.05) is 11.8 Å². The van der Waals surface area contributed by atoms with Crippen LogP contribution in [0.1, 0.15) is 43.2 Å². The second-order valence-electron chi connectivity index (χ2n) is 8.41. The lowest BCUT2D eigenvalue weighted by Gasteiger charge is -2.24. The molecule has 2 amide bonds. The van der Waals surface area contributed by atoms with Crippen molar-refractivity contribution >= 4 is 17.5 Å². The second kappa shape index (κ2) is 5.67. The number of nitrogens with zero attached hydrogens (tertiary/aromatic N) is 1. The van der Waals surface area contributed by atoms with Crippen LogP contribution >= 0.6 is 0 Å². The molecule has 1 aliphatic heterocycles. The van der Waals surface area contributed by atoms with E-state index in [9.17, 15) is 9.59 Å². The first kappa shape index (κ1) is 16.0. The number of fused-ring (bicyclic) bond motifs is 5. The molecule has 3 heteroatoms. The second-order valence-corrected chi connectivity index (χ2v) is 8.41. The van der Waals surface area contributed by atoms with Gasteiger partial charge in [0.05, 0.1) is 17.5 Å². The van der Waals surface area contributed by atoms with Crippen molar-refractivity contribution in [2.75, 3.05) is 4.90 Å². The minimum Gasteiger partial charge on any atom is -0.274 e. The highest BCUT2D eigenvalue weighted by atomic mass is 16.2. The van der Waals surface area contributed by atoms with Gasteiger partial charge in [0.1, 0.15) is 0 Å². The van der Waals surface area contributed by atoms with E-state index in [1.807, 2.05) is 32.0 Å². The molecule has 1 heterocycles. The van der Waals surface area contributed by atoms with Crippen molar-refractivity contribution in [3.05, 3.63) is 52.6 Å². The first-order valence-electron chi connectivity index (χ1n) is 9.93. The standard InChI is InChI=1S/C23H25NO2/c1-13-8-9-14(2)18(12-13)24-22(25)20-16-10-11-17(21(20)23(24)26)19(16)15-6-4-3-5-7-15/h8-12,16-17,20-21H,3-7H2,1-2H3/t16-,17-,20-,21-/m0/s1. The molecule has 0 N–H and O–H groups in total. The molecule has 2 bridgehead atoms. The molecule has 1 saturated heterocycles. The van der Waals surface area contributed by atoms with E-state index in [0.29, 0.717) is 0 Å². The van der Waals surface area contributed by atoms with Crippen LogP contribution in [0.4, 0.5) is 5.69 Å². The summed E-state index contributed by atoms with van der Waals surface area (Å²) in [4.78, 5) is 28.1. The summed E-state index contributed by atoms with van der Waals surface area (Å²) in [5.41, 5.74) is 5.82. The highest BCUT2D eigenvalue weighted by Gasteiger charge is 2.62. The number of benzene rings is 1. The van der Waals surface area contributed by atoms with Gasteiger partial charge in [-0.15, -0.1) is 0 Å². The van der Waals surface area contributed by atoms with Crippen LogP contribution in [0.3, 0.4) is 0 Å². The fraction of sp³-hybridized carbons (Fsp3) is 0.478. The van der Waals surface area contributed by atoms with Crippen molar-refractivity contribution < 1.29 is 9.59 Å². The smallest absolute Gasteiger partial charge is 0.238 e. The molecule has 0 aromatic heterocycles. The summed E-state index contributed by atoms with van der Waals surface area (Å²) in [7, 11) is 0. The quantitative estimate of drug-likeness (QED) is 0.555. The van der Waals surface area contributed by atoms with Crippen molar-refractivity contribution in [3.8, 4) is 0 Å². The highest BCUT2D eigenvalue weighted by molar-refractivity contribution is 6.23. The largest absolute Gasteiger partial charge is 0.274 e. The van der Waals surface area contributed by atoms with Crippen LogP contribution in [0.5, 0.6) is 0 Å². The monoisotopic (exact) mass is 347 g/mol. The zero-order chi connectivity index (χ0) is 18.0. The van der Waals surface area contributed by atoms with E-state index in [-0.39, 0.29) is 35.5 Å². The summed E-state index contributed by atoms with van der Waals surface area (Å²) in [6.45, 7) is 3.98. The minimum absolute atomic E-state index is 0.0134. The first-order valence-corrected chi connectivity index (χ1v) is 9.93. The van der Waals surface area contributed by atoms with Gasteiger partial charge in [-0.3, -0.25) is 9.59 Å². The van der Waals surface area contributed by atoms with Gasteiger partial charge in [0.2, 0.25) is 11.8 Å². The van der Waals surface area contributed by atoms with Crippen molar-refractivity contribution in [3.63, 3.8) is 0 Å². The van der Waals surface area contributed by atoms with Gasteiger partial charge in [0.15, 0.2) is 0 Å². The molecule has 1 aromatic rings. The summed E-state index contributed by atoms with van der Waals surface area (Å²) < 4.78 is 0. The van der Waals surface area contributed by atoms with E-state index in [1.165, 1.54) is 29.7 Å². The number of anilines is 1. The summed E-state index contributed by atoms with van der Waals surface area (Å²) in [6, 6.07) is 6.01. The number of rotatable bonds is 1. The third kappa shape index (κ3) is 2.06. The zero-order valence-corrected chi connectivity index (χ0v) is 15.5. The summed E-state index contributed by atoms with van der Waals surface area (Å²) >= 11 is 0. The number of allylic oxidation sites excluding steroid dienone is 4. The molecule has 3 fully saturated rings. The van der Waals surface area contributed by atoms with E-state index in [1.54, 1.807) is 5.57 Å². The lowest BCUT2D eigenvalue weighted by molar-refractivity contribution is -0.122. The van der Waals surface area contributed by atoms with E-state index in [0.717, 1.165) is 29.7 Å². The molecule has 3 aliphatic carbocycles. The average Bonchev–Trinajstić information content (AvgIpc) is 3.28. The topological polar surface area (TPSA) is 37.4 Å². The van der Waals surface area contributed by atoms with Crippen LogP contribution in [-0.2, 0) is 9.59 Å². The molecule has 2 saturated carbocycles.